The van der Waals surface area contributed by atoms with Gasteiger partial charge in [-0.15, -0.1) is 0 Å². The predicted molar refractivity (Wildman–Crippen MR) is 94.0 cm³/mol. The molecule has 1 aromatic carbocycles. The molecule has 5 rings (SSSR count). The van der Waals surface area contributed by atoms with E-state index in [0.29, 0.717) is 15.9 Å². The highest BCUT2D eigenvalue weighted by molar-refractivity contribution is 7.99. The van der Waals surface area contributed by atoms with Crippen LogP contribution in [0, 0.1) is 11.7 Å². The van der Waals surface area contributed by atoms with Crippen molar-refractivity contribution >= 4 is 17.7 Å². The summed E-state index contributed by atoms with van der Waals surface area (Å²) in [6.07, 6.45) is 3.42. The van der Waals surface area contributed by atoms with Crippen LogP contribution in [0.25, 0.3) is 0 Å². The second-order valence-corrected chi connectivity index (χ2v) is 8.06. The predicted octanol–water partition coefficient (Wildman–Crippen LogP) is 4.13. The minimum Gasteiger partial charge on any atom is -0.444 e. The topological polar surface area (TPSA) is 45.5 Å². The molecule has 132 valence electrons. The molecule has 0 aliphatic carbocycles. The van der Waals surface area contributed by atoms with E-state index in [0.717, 1.165) is 19.5 Å². The summed E-state index contributed by atoms with van der Waals surface area (Å²) < 4.78 is 19.4. The summed E-state index contributed by atoms with van der Waals surface area (Å²) in [5, 5.41) is 3.65. The molecule has 4 nitrogen and oxygen atoms in total. The highest BCUT2D eigenvalue weighted by atomic mass is 32.2. The fourth-order valence-corrected chi connectivity index (χ4v) is 4.69. The Morgan fingerprint density at radius 1 is 1.28 bits per heavy atom. The van der Waals surface area contributed by atoms with E-state index in [9.17, 15) is 9.18 Å². The third-order valence-electron chi connectivity index (χ3n) is 5.23. The van der Waals surface area contributed by atoms with Crippen molar-refractivity contribution in [3.8, 4) is 0 Å². The minimum atomic E-state index is -0.302. The van der Waals surface area contributed by atoms with Crippen LogP contribution in [0.3, 0.4) is 0 Å². The molecule has 1 amide bonds. The number of amides is 1. The zero-order valence-corrected chi connectivity index (χ0v) is 14.9. The number of nitrogens with zero attached hydrogens (tertiary/aromatic N) is 1. The number of carbonyl (C=O) groups excluding carboxylic acids is 1. The normalized spacial score (nSPS) is 28.1. The van der Waals surface area contributed by atoms with Crippen LogP contribution in [-0.4, -0.2) is 29.6 Å². The Morgan fingerprint density at radius 2 is 2.04 bits per heavy atom. The van der Waals surface area contributed by atoms with Gasteiger partial charge in [0.2, 0.25) is 0 Å². The number of hydrogen-bond donors (Lipinski definition) is 1. The fraction of sp³-hybridized carbons (Fsp3) is 0.421. The van der Waals surface area contributed by atoms with Gasteiger partial charge < -0.3 is 9.73 Å². The number of piperidine rings is 3. The maximum atomic E-state index is 13.7. The molecular formula is C19H21FN2O2S. The van der Waals surface area contributed by atoms with Crippen LogP contribution in [0.5, 0.6) is 0 Å². The zero-order chi connectivity index (χ0) is 17.4. The summed E-state index contributed by atoms with van der Waals surface area (Å²) in [4.78, 5) is 15.4. The van der Waals surface area contributed by atoms with Crippen LogP contribution in [0.15, 0.2) is 50.8 Å². The van der Waals surface area contributed by atoms with Gasteiger partial charge in [-0.2, -0.15) is 0 Å². The SMILES string of the molecule is C[C@@]1(NC(=O)c2ccc(Sc3ccccc3F)o2)CC2CCN1CC2. The molecule has 2 aromatic rings. The number of carbonyl (C=O) groups is 1. The zero-order valence-electron chi connectivity index (χ0n) is 14.1. The van der Waals surface area contributed by atoms with Crippen LogP contribution < -0.4 is 5.32 Å². The lowest BCUT2D eigenvalue weighted by atomic mass is 9.80. The fourth-order valence-electron chi connectivity index (χ4n) is 3.89. The molecule has 25 heavy (non-hydrogen) atoms. The highest BCUT2D eigenvalue weighted by Gasteiger charge is 2.43. The summed E-state index contributed by atoms with van der Waals surface area (Å²) >= 11 is 1.18. The average Bonchev–Trinajstić information content (AvgIpc) is 3.06. The number of halogens is 1. The van der Waals surface area contributed by atoms with Crippen LogP contribution in [0.1, 0.15) is 36.7 Å². The Hall–Kier alpha value is -1.79. The molecule has 1 aromatic heterocycles. The summed E-state index contributed by atoms with van der Waals surface area (Å²) in [6, 6.07) is 9.88. The van der Waals surface area contributed by atoms with Crippen molar-refractivity contribution in [2.24, 2.45) is 5.92 Å². The molecule has 3 aliphatic rings. The third kappa shape index (κ3) is 3.33. The van der Waals surface area contributed by atoms with E-state index in [4.69, 9.17) is 4.42 Å². The van der Waals surface area contributed by atoms with Crippen LogP contribution in [0.4, 0.5) is 4.39 Å². The molecule has 3 aliphatic heterocycles. The van der Waals surface area contributed by atoms with Gasteiger partial charge in [-0.3, -0.25) is 9.69 Å². The first-order valence-electron chi connectivity index (χ1n) is 8.63. The highest BCUT2D eigenvalue weighted by Crippen LogP contribution is 2.37. The van der Waals surface area contributed by atoms with Gasteiger partial charge in [-0.1, -0.05) is 12.1 Å². The molecule has 0 spiro atoms. The number of nitrogens with one attached hydrogen (secondary N) is 1. The maximum Gasteiger partial charge on any atom is 0.288 e. The van der Waals surface area contributed by atoms with Crippen LogP contribution in [-0.2, 0) is 0 Å². The van der Waals surface area contributed by atoms with E-state index in [1.165, 1.54) is 30.7 Å². The summed E-state index contributed by atoms with van der Waals surface area (Å²) in [5.74, 6) is 0.450. The van der Waals surface area contributed by atoms with E-state index < -0.39 is 0 Å². The number of furan rings is 1. The Labute approximate surface area is 150 Å². The summed E-state index contributed by atoms with van der Waals surface area (Å²) in [6.45, 7) is 4.16. The molecule has 6 heteroatoms. The maximum absolute atomic E-state index is 13.7. The second-order valence-electron chi connectivity index (χ2n) is 7.01. The third-order valence-corrected chi connectivity index (χ3v) is 6.21. The minimum absolute atomic E-state index is 0.213. The quantitative estimate of drug-likeness (QED) is 0.890. The number of hydrogen-bond acceptors (Lipinski definition) is 4. The lowest BCUT2D eigenvalue weighted by Gasteiger charge is -2.52. The Balaban J connectivity index is 1.45. The van der Waals surface area contributed by atoms with Crippen molar-refractivity contribution in [3.63, 3.8) is 0 Å². The van der Waals surface area contributed by atoms with E-state index in [1.54, 1.807) is 30.3 Å². The molecule has 0 unspecified atom stereocenters. The van der Waals surface area contributed by atoms with Gasteiger partial charge >= 0.3 is 0 Å². The van der Waals surface area contributed by atoms with Gasteiger partial charge in [0.15, 0.2) is 10.9 Å². The molecule has 3 saturated heterocycles. The van der Waals surface area contributed by atoms with Gasteiger partial charge in [0, 0.05) is 13.1 Å². The van der Waals surface area contributed by atoms with Crippen molar-refractivity contribution in [1.29, 1.82) is 0 Å². The molecule has 4 heterocycles. The van der Waals surface area contributed by atoms with Crippen molar-refractivity contribution in [3.05, 3.63) is 48.0 Å². The van der Waals surface area contributed by atoms with E-state index in [1.807, 2.05) is 0 Å². The molecular weight excluding hydrogens is 339 g/mol. The smallest absolute Gasteiger partial charge is 0.288 e. The number of benzene rings is 1. The van der Waals surface area contributed by atoms with E-state index in [-0.39, 0.29) is 23.1 Å². The lowest BCUT2D eigenvalue weighted by Crippen LogP contribution is -2.65. The first-order valence-corrected chi connectivity index (χ1v) is 9.45. The van der Waals surface area contributed by atoms with Crippen molar-refractivity contribution in [2.75, 3.05) is 13.1 Å². The molecule has 0 radical (unpaired) electrons. The molecule has 3 fully saturated rings. The van der Waals surface area contributed by atoms with Gasteiger partial charge in [0.1, 0.15) is 5.82 Å². The molecule has 0 saturated carbocycles. The van der Waals surface area contributed by atoms with E-state index in [2.05, 4.69) is 17.1 Å². The van der Waals surface area contributed by atoms with Crippen LogP contribution in [0.2, 0.25) is 0 Å². The summed E-state index contributed by atoms with van der Waals surface area (Å²) in [5.41, 5.74) is -0.302. The van der Waals surface area contributed by atoms with Gasteiger partial charge in [0.25, 0.3) is 5.91 Å². The lowest BCUT2D eigenvalue weighted by molar-refractivity contribution is -0.0352. The number of fused-ring (bicyclic) bond motifs is 3. The van der Waals surface area contributed by atoms with E-state index >= 15 is 0 Å². The standard InChI is InChI=1S/C19H21FN2O2S/c1-19(12-13-8-10-22(19)11-9-13)21-18(23)15-6-7-17(24-15)25-16-5-3-2-4-14(16)20/h2-7,13H,8-12H2,1H3,(H,21,23)/t19-/m0/s1. The average molecular weight is 360 g/mol. The molecule has 1 N–H and O–H groups in total. The Kier molecular flexibility index (Phi) is 4.33. The van der Waals surface area contributed by atoms with Gasteiger partial charge in [-0.25, -0.2) is 4.39 Å². The largest absolute Gasteiger partial charge is 0.444 e. The van der Waals surface area contributed by atoms with Crippen molar-refractivity contribution in [2.45, 2.75) is 41.8 Å². The van der Waals surface area contributed by atoms with Crippen molar-refractivity contribution in [1.82, 2.24) is 10.2 Å². The Bertz CT molecular complexity index is 785. The van der Waals surface area contributed by atoms with Crippen molar-refractivity contribution < 1.29 is 13.6 Å². The van der Waals surface area contributed by atoms with Gasteiger partial charge in [-0.05, 0) is 68.1 Å². The second kappa shape index (κ2) is 6.50. The monoisotopic (exact) mass is 360 g/mol. The molecule has 1 atom stereocenters. The number of rotatable bonds is 4. The first kappa shape index (κ1) is 16.7. The molecule has 2 bridgehead atoms. The van der Waals surface area contributed by atoms with Gasteiger partial charge in [0.05, 0.1) is 10.6 Å². The van der Waals surface area contributed by atoms with Crippen LogP contribution >= 0.6 is 11.8 Å². The summed E-state index contributed by atoms with van der Waals surface area (Å²) in [7, 11) is 0. The Morgan fingerprint density at radius 3 is 2.72 bits per heavy atom. The first-order chi connectivity index (χ1) is 12.0.